The Kier molecular flexibility index (Phi) is 2.97. The number of likely N-dealkylation sites (tertiary alicyclic amines) is 1. The normalized spacial score (nSPS) is 14.0. The van der Waals surface area contributed by atoms with Gasteiger partial charge in [-0.15, -0.1) is 0 Å². The van der Waals surface area contributed by atoms with Crippen LogP contribution in [0.5, 0.6) is 0 Å². The predicted molar refractivity (Wildman–Crippen MR) is 82.1 cm³/mol. The fraction of sp³-hybridized carbons (Fsp3) is 0.267. The third-order valence-corrected chi connectivity index (χ3v) is 3.92. The van der Waals surface area contributed by atoms with Crippen molar-refractivity contribution in [3.63, 3.8) is 0 Å². The summed E-state index contributed by atoms with van der Waals surface area (Å²) >= 11 is 0. The van der Waals surface area contributed by atoms with Crippen LogP contribution in [-0.2, 0) is 0 Å². The predicted octanol–water partition coefficient (Wildman–Crippen LogP) is 0.634. The van der Waals surface area contributed by atoms with Gasteiger partial charge in [-0.3, -0.25) is 19.6 Å². The zero-order valence-corrected chi connectivity index (χ0v) is 12.5. The van der Waals surface area contributed by atoms with Crippen molar-refractivity contribution >= 4 is 11.6 Å². The molecule has 0 atom stereocenters. The average Bonchev–Trinajstić information content (AvgIpc) is 2.87. The Hall–Kier alpha value is -3.03. The number of carbonyl (C=O) groups is 1. The second kappa shape index (κ2) is 5.01. The maximum Gasteiger partial charge on any atom is 0.274 e. The van der Waals surface area contributed by atoms with Crippen LogP contribution >= 0.6 is 0 Å². The minimum atomic E-state index is -0.303. The van der Waals surface area contributed by atoms with Crippen molar-refractivity contribution in [3.8, 4) is 11.4 Å². The van der Waals surface area contributed by atoms with E-state index in [9.17, 15) is 9.59 Å². The van der Waals surface area contributed by atoms with Crippen LogP contribution in [0, 0.1) is 6.92 Å². The van der Waals surface area contributed by atoms with E-state index in [0.29, 0.717) is 35.7 Å². The van der Waals surface area contributed by atoms with Crippen LogP contribution in [0.3, 0.4) is 0 Å². The standard InChI is InChI=1S/C15H14N6O2/c1-9-7-18-10(8-17-9)13-12(15(23)20-5-2-6-20)14-16-4-3-11(22)21(14)19-13/h3-4,7-8,16H,2,5-6H2,1H3. The Balaban J connectivity index is 1.98. The lowest BCUT2D eigenvalue weighted by molar-refractivity contribution is 0.0654. The maximum absolute atomic E-state index is 12.8. The molecule has 8 heteroatoms. The number of fused-ring (bicyclic) bond motifs is 1. The second-order valence-electron chi connectivity index (χ2n) is 5.49. The number of rotatable bonds is 2. The maximum atomic E-state index is 12.8. The van der Waals surface area contributed by atoms with E-state index in [1.807, 2.05) is 6.92 Å². The summed E-state index contributed by atoms with van der Waals surface area (Å²) in [5.74, 6) is -0.148. The Morgan fingerprint density at radius 1 is 1.26 bits per heavy atom. The molecule has 4 rings (SSSR count). The van der Waals surface area contributed by atoms with E-state index in [2.05, 4.69) is 20.1 Å². The number of aromatic nitrogens is 5. The molecule has 116 valence electrons. The highest BCUT2D eigenvalue weighted by Crippen LogP contribution is 2.25. The van der Waals surface area contributed by atoms with E-state index >= 15 is 0 Å². The number of aromatic amines is 1. The van der Waals surface area contributed by atoms with E-state index in [-0.39, 0.29) is 11.5 Å². The summed E-state index contributed by atoms with van der Waals surface area (Å²) in [7, 11) is 0. The van der Waals surface area contributed by atoms with E-state index in [0.717, 1.165) is 12.1 Å². The van der Waals surface area contributed by atoms with E-state index in [1.54, 1.807) is 17.3 Å². The molecule has 3 aromatic heterocycles. The van der Waals surface area contributed by atoms with Crippen LogP contribution in [0.25, 0.3) is 17.0 Å². The highest BCUT2D eigenvalue weighted by atomic mass is 16.2. The monoisotopic (exact) mass is 310 g/mol. The van der Waals surface area contributed by atoms with Crippen LogP contribution in [0.2, 0.25) is 0 Å². The minimum absolute atomic E-state index is 0.148. The molecule has 0 aliphatic carbocycles. The van der Waals surface area contributed by atoms with E-state index < -0.39 is 0 Å². The van der Waals surface area contributed by atoms with Crippen LogP contribution in [0.1, 0.15) is 22.5 Å². The van der Waals surface area contributed by atoms with Crippen LogP contribution in [0.15, 0.2) is 29.5 Å². The molecule has 1 saturated heterocycles. The Bertz CT molecular complexity index is 952. The Labute approximate surface area is 130 Å². The number of amides is 1. The third-order valence-electron chi connectivity index (χ3n) is 3.92. The van der Waals surface area contributed by atoms with Gasteiger partial charge >= 0.3 is 0 Å². The van der Waals surface area contributed by atoms with Crippen molar-refractivity contribution in [2.75, 3.05) is 13.1 Å². The van der Waals surface area contributed by atoms with Crippen molar-refractivity contribution in [1.29, 1.82) is 0 Å². The molecule has 8 nitrogen and oxygen atoms in total. The van der Waals surface area contributed by atoms with Gasteiger partial charge < -0.3 is 9.88 Å². The number of nitrogens with one attached hydrogen (secondary N) is 1. The minimum Gasteiger partial charge on any atom is -0.346 e. The van der Waals surface area contributed by atoms with Gasteiger partial charge in [0.1, 0.15) is 17.0 Å². The molecule has 0 bridgehead atoms. The molecule has 0 unspecified atom stereocenters. The molecule has 23 heavy (non-hydrogen) atoms. The Morgan fingerprint density at radius 3 is 2.74 bits per heavy atom. The zero-order valence-electron chi connectivity index (χ0n) is 12.5. The number of hydrogen-bond acceptors (Lipinski definition) is 5. The topological polar surface area (TPSA) is 96.2 Å². The fourth-order valence-corrected chi connectivity index (χ4v) is 2.55. The molecule has 4 heterocycles. The van der Waals surface area contributed by atoms with Crippen LogP contribution in [0.4, 0.5) is 0 Å². The highest BCUT2D eigenvalue weighted by Gasteiger charge is 2.29. The van der Waals surface area contributed by atoms with Crippen LogP contribution in [-0.4, -0.2) is 48.5 Å². The molecule has 3 aromatic rings. The van der Waals surface area contributed by atoms with Crippen LogP contribution < -0.4 is 5.56 Å². The largest absolute Gasteiger partial charge is 0.346 e. The molecule has 1 amide bonds. The summed E-state index contributed by atoms with van der Waals surface area (Å²) < 4.78 is 1.20. The average molecular weight is 310 g/mol. The molecule has 0 saturated carbocycles. The van der Waals surface area contributed by atoms with E-state index in [4.69, 9.17) is 0 Å². The first-order valence-electron chi connectivity index (χ1n) is 7.34. The smallest absolute Gasteiger partial charge is 0.274 e. The zero-order chi connectivity index (χ0) is 16.0. The fourth-order valence-electron chi connectivity index (χ4n) is 2.55. The van der Waals surface area contributed by atoms with Gasteiger partial charge in [-0.1, -0.05) is 0 Å². The number of hydrogen-bond donors (Lipinski definition) is 1. The first-order chi connectivity index (χ1) is 11.1. The quantitative estimate of drug-likeness (QED) is 0.749. The molecule has 1 fully saturated rings. The second-order valence-corrected chi connectivity index (χ2v) is 5.49. The van der Waals surface area contributed by atoms with Gasteiger partial charge in [0.25, 0.3) is 11.5 Å². The SMILES string of the molecule is Cc1cnc(-c2nn3c(=O)cc[nH]c3c2C(=O)N2CCC2)cn1. The molecule has 0 aromatic carbocycles. The van der Waals surface area contributed by atoms with Crippen molar-refractivity contribution in [3.05, 3.63) is 46.3 Å². The number of H-pyrrole nitrogens is 1. The number of nitrogens with zero attached hydrogens (tertiary/aromatic N) is 5. The van der Waals surface area contributed by atoms with Crippen molar-refractivity contribution in [1.82, 2.24) is 29.5 Å². The molecular weight excluding hydrogens is 296 g/mol. The summed E-state index contributed by atoms with van der Waals surface area (Å²) in [5.41, 5.74) is 2.05. The summed E-state index contributed by atoms with van der Waals surface area (Å²) in [5, 5.41) is 4.30. The van der Waals surface area contributed by atoms with Crippen molar-refractivity contribution < 1.29 is 4.79 Å². The van der Waals surface area contributed by atoms with Gasteiger partial charge in [0.05, 0.1) is 11.9 Å². The highest BCUT2D eigenvalue weighted by molar-refractivity contribution is 6.05. The van der Waals surface area contributed by atoms with Gasteiger partial charge in [-0.2, -0.15) is 9.61 Å². The summed E-state index contributed by atoms with van der Waals surface area (Å²) in [6.07, 6.45) is 5.67. The van der Waals surface area contributed by atoms with Gasteiger partial charge in [0.2, 0.25) is 0 Å². The van der Waals surface area contributed by atoms with Gasteiger partial charge in [0, 0.05) is 31.5 Å². The molecule has 1 N–H and O–H groups in total. The van der Waals surface area contributed by atoms with Gasteiger partial charge in [-0.25, -0.2) is 0 Å². The summed E-state index contributed by atoms with van der Waals surface area (Å²) in [6, 6.07) is 1.36. The Morgan fingerprint density at radius 2 is 2.09 bits per heavy atom. The number of aryl methyl sites for hydroxylation is 1. The first-order valence-corrected chi connectivity index (χ1v) is 7.34. The lowest BCUT2D eigenvalue weighted by Crippen LogP contribution is -2.42. The lowest BCUT2D eigenvalue weighted by Gasteiger charge is -2.30. The summed E-state index contributed by atoms with van der Waals surface area (Å²) in [4.78, 5) is 38.0. The summed E-state index contributed by atoms with van der Waals surface area (Å²) in [6.45, 7) is 3.26. The lowest BCUT2D eigenvalue weighted by atomic mass is 10.1. The van der Waals surface area contributed by atoms with Crippen molar-refractivity contribution in [2.24, 2.45) is 0 Å². The molecule has 0 spiro atoms. The van der Waals surface area contributed by atoms with Gasteiger partial charge in [0.15, 0.2) is 5.65 Å². The molecular formula is C15H14N6O2. The number of carbonyl (C=O) groups excluding carboxylic acids is 1. The molecule has 0 radical (unpaired) electrons. The molecule has 1 aliphatic rings. The van der Waals surface area contributed by atoms with Crippen molar-refractivity contribution in [2.45, 2.75) is 13.3 Å². The molecule has 1 aliphatic heterocycles. The first kappa shape index (κ1) is 13.6. The van der Waals surface area contributed by atoms with E-state index in [1.165, 1.54) is 16.8 Å². The van der Waals surface area contributed by atoms with Gasteiger partial charge in [-0.05, 0) is 13.3 Å². The third kappa shape index (κ3) is 2.10.